The summed E-state index contributed by atoms with van der Waals surface area (Å²) in [7, 11) is 0. The summed E-state index contributed by atoms with van der Waals surface area (Å²) in [4.78, 5) is 30.0. The Labute approximate surface area is 108 Å². The molecule has 0 aliphatic carbocycles. The fourth-order valence-corrected chi connectivity index (χ4v) is 1.58. The first-order chi connectivity index (χ1) is 8.34. The summed E-state index contributed by atoms with van der Waals surface area (Å²) in [6.07, 6.45) is 1.10. The van der Waals surface area contributed by atoms with Crippen LogP contribution in [-0.2, 0) is 4.79 Å². The highest BCUT2D eigenvalue weighted by molar-refractivity contribution is 6.31. The van der Waals surface area contributed by atoms with Gasteiger partial charge in [0, 0.05) is 6.04 Å². The van der Waals surface area contributed by atoms with E-state index in [0.717, 1.165) is 6.33 Å². The van der Waals surface area contributed by atoms with E-state index in [4.69, 9.17) is 17.3 Å². The van der Waals surface area contributed by atoms with E-state index in [1.54, 1.807) is 13.8 Å². The van der Waals surface area contributed by atoms with Gasteiger partial charge in [-0.2, -0.15) is 0 Å². The van der Waals surface area contributed by atoms with Gasteiger partial charge in [-0.05, 0) is 13.8 Å². The van der Waals surface area contributed by atoms with Gasteiger partial charge in [-0.3, -0.25) is 14.9 Å². The third-order valence-corrected chi connectivity index (χ3v) is 2.44. The second-order valence-electron chi connectivity index (χ2n) is 3.78. The molecule has 8 nitrogen and oxygen atoms in total. The van der Waals surface area contributed by atoms with Crippen LogP contribution < -0.4 is 10.6 Å². The summed E-state index contributed by atoms with van der Waals surface area (Å²) in [5, 5.41) is 10.7. The summed E-state index contributed by atoms with van der Waals surface area (Å²) >= 11 is 5.67. The van der Waals surface area contributed by atoms with Gasteiger partial charge in [0.1, 0.15) is 6.33 Å². The third-order valence-electron chi connectivity index (χ3n) is 2.16. The number of carbonyl (C=O) groups excluding carboxylic acids is 1. The quantitative estimate of drug-likeness (QED) is 0.480. The molecule has 0 aromatic carbocycles. The van der Waals surface area contributed by atoms with Crippen molar-refractivity contribution in [1.82, 2.24) is 9.97 Å². The molecule has 0 aliphatic heterocycles. The first-order valence-electron chi connectivity index (χ1n) is 5.04. The van der Waals surface area contributed by atoms with Gasteiger partial charge in [0.2, 0.25) is 16.9 Å². The number of amides is 1. The van der Waals surface area contributed by atoms with E-state index in [1.165, 1.54) is 4.90 Å². The SMILES string of the molecule is CC(C)N(CC(N)=O)c1ncnc(Cl)c1[N+](=O)[O-]. The highest BCUT2D eigenvalue weighted by Gasteiger charge is 2.28. The summed E-state index contributed by atoms with van der Waals surface area (Å²) in [5.41, 5.74) is 4.67. The monoisotopic (exact) mass is 273 g/mol. The first-order valence-corrected chi connectivity index (χ1v) is 5.42. The Bertz CT molecular complexity index is 479. The lowest BCUT2D eigenvalue weighted by atomic mass is 10.3. The maximum atomic E-state index is 11.0. The largest absolute Gasteiger partial charge is 0.368 e. The molecule has 0 bridgehead atoms. The van der Waals surface area contributed by atoms with Crippen molar-refractivity contribution in [3.63, 3.8) is 0 Å². The number of hydrogen-bond donors (Lipinski definition) is 1. The number of halogens is 1. The normalized spacial score (nSPS) is 10.4. The van der Waals surface area contributed by atoms with Crippen LogP contribution in [0.15, 0.2) is 6.33 Å². The highest BCUT2D eigenvalue weighted by Crippen LogP contribution is 2.31. The topological polar surface area (TPSA) is 115 Å². The minimum Gasteiger partial charge on any atom is -0.368 e. The molecule has 9 heteroatoms. The zero-order chi connectivity index (χ0) is 13.9. The number of primary amides is 1. The van der Waals surface area contributed by atoms with Crippen LogP contribution in [0.4, 0.5) is 11.5 Å². The lowest BCUT2D eigenvalue weighted by Crippen LogP contribution is -2.39. The molecule has 18 heavy (non-hydrogen) atoms. The maximum Gasteiger partial charge on any atom is 0.348 e. The molecule has 2 N–H and O–H groups in total. The van der Waals surface area contributed by atoms with Crippen molar-refractivity contribution in [2.24, 2.45) is 5.73 Å². The van der Waals surface area contributed by atoms with Gasteiger partial charge in [-0.25, -0.2) is 9.97 Å². The standard InChI is InChI=1S/C9H12ClN5O3/c1-5(2)14(3-6(11)16)9-7(15(17)18)8(10)12-4-13-9/h4-5H,3H2,1-2H3,(H2,11,16). The van der Waals surface area contributed by atoms with E-state index in [2.05, 4.69) is 9.97 Å². The predicted octanol–water partition coefficient (Wildman–Crippen LogP) is 0.738. The Kier molecular flexibility index (Phi) is 4.38. The lowest BCUT2D eigenvalue weighted by molar-refractivity contribution is -0.384. The molecule has 0 spiro atoms. The molecule has 1 aromatic heterocycles. The van der Waals surface area contributed by atoms with Crippen molar-refractivity contribution >= 4 is 29.0 Å². The summed E-state index contributed by atoms with van der Waals surface area (Å²) in [6, 6.07) is -0.206. The molecule has 98 valence electrons. The van der Waals surface area contributed by atoms with Gasteiger partial charge in [0.15, 0.2) is 0 Å². The summed E-state index contributed by atoms with van der Waals surface area (Å²) in [6.45, 7) is 3.32. The number of aromatic nitrogens is 2. The predicted molar refractivity (Wildman–Crippen MR) is 65.4 cm³/mol. The van der Waals surface area contributed by atoms with Crippen molar-refractivity contribution < 1.29 is 9.72 Å². The van der Waals surface area contributed by atoms with E-state index < -0.39 is 16.5 Å². The van der Waals surface area contributed by atoms with Crippen molar-refractivity contribution in [2.45, 2.75) is 19.9 Å². The minimum absolute atomic E-state index is 0.0196. The van der Waals surface area contributed by atoms with Gasteiger partial charge in [0.05, 0.1) is 11.5 Å². The zero-order valence-electron chi connectivity index (χ0n) is 9.83. The average molecular weight is 274 g/mol. The van der Waals surface area contributed by atoms with Gasteiger partial charge in [0.25, 0.3) is 0 Å². The molecule has 0 unspecified atom stereocenters. The average Bonchev–Trinajstić information content (AvgIpc) is 2.24. The molecular weight excluding hydrogens is 262 g/mol. The molecular formula is C9H12ClN5O3. The Morgan fingerprint density at radius 1 is 1.61 bits per heavy atom. The Balaban J connectivity index is 3.32. The van der Waals surface area contributed by atoms with Crippen molar-refractivity contribution in [3.8, 4) is 0 Å². The molecule has 0 aliphatic rings. The second kappa shape index (κ2) is 5.58. The van der Waals surface area contributed by atoms with Crippen LogP contribution in [0.3, 0.4) is 0 Å². The molecule has 1 amide bonds. The minimum atomic E-state index is -0.686. The van der Waals surface area contributed by atoms with Crippen LogP contribution in [0.1, 0.15) is 13.8 Å². The molecule has 0 saturated heterocycles. The highest BCUT2D eigenvalue weighted by atomic mass is 35.5. The van der Waals surface area contributed by atoms with E-state index in [1.807, 2.05) is 0 Å². The molecule has 1 heterocycles. The maximum absolute atomic E-state index is 11.0. The Morgan fingerprint density at radius 2 is 2.22 bits per heavy atom. The third kappa shape index (κ3) is 3.04. The summed E-state index contributed by atoms with van der Waals surface area (Å²) in [5.74, 6) is -0.637. The van der Waals surface area contributed by atoms with Crippen LogP contribution in [0.25, 0.3) is 0 Å². The van der Waals surface area contributed by atoms with Crippen LogP contribution in [0.2, 0.25) is 5.15 Å². The van der Waals surface area contributed by atoms with E-state index in [0.29, 0.717) is 0 Å². The smallest absolute Gasteiger partial charge is 0.348 e. The van der Waals surface area contributed by atoms with E-state index in [9.17, 15) is 14.9 Å². The molecule has 1 aromatic rings. The van der Waals surface area contributed by atoms with Crippen LogP contribution in [-0.4, -0.2) is 33.4 Å². The number of anilines is 1. The molecule has 0 saturated carbocycles. The first kappa shape index (κ1) is 14.1. The number of rotatable bonds is 5. The fraction of sp³-hybridized carbons (Fsp3) is 0.444. The molecule has 0 fully saturated rings. The second-order valence-corrected chi connectivity index (χ2v) is 4.14. The van der Waals surface area contributed by atoms with Crippen LogP contribution in [0, 0.1) is 10.1 Å². The fourth-order valence-electron chi connectivity index (χ4n) is 1.39. The van der Waals surface area contributed by atoms with Gasteiger partial charge in [-0.15, -0.1) is 0 Å². The number of hydrogen-bond acceptors (Lipinski definition) is 6. The number of nitro groups is 1. The van der Waals surface area contributed by atoms with E-state index in [-0.39, 0.29) is 23.6 Å². The van der Waals surface area contributed by atoms with E-state index >= 15 is 0 Å². The van der Waals surface area contributed by atoms with Gasteiger partial charge in [-0.1, -0.05) is 11.6 Å². The Hall–Kier alpha value is -1.96. The molecule has 0 atom stereocenters. The van der Waals surface area contributed by atoms with Crippen LogP contribution >= 0.6 is 11.6 Å². The number of nitrogens with zero attached hydrogens (tertiary/aromatic N) is 4. The number of carbonyl (C=O) groups is 1. The molecule has 0 radical (unpaired) electrons. The molecule has 1 rings (SSSR count). The Morgan fingerprint density at radius 3 is 2.67 bits per heavy atom. The van der Waals surface area contributed by atoms with Crippen molar-refractivity contribution in [2.75, 3.05) is 11.4 Å². The lowest BCUT2D eigenvalue weighted by Gasteiger charge is -2.25. The zero-order valence-corrected chi connectivity index (χ0v) is 10.6. The van der Waals surface area contributed by atoms with Crippen LogP contribution in [0.5, 0.6) is 0 Å². The van der Waals surface area contributed by atoms with Gasteiger partial charge < -0.3 is 10.6 Å². The number of nitrogens with two attached hydrogens (primary N) is 1. The summed E-state index contributed by atoms with van der Waals surface area (Å²) < 4.78 is 0. The van der Waals surface area contributed by atoms with Crippen molar-refractivity contribution in [3.05, 3.63) is 21.6 Å². The van der Waals surface area contributed by atoms with Crippen molar-refractivity contribution in [1.29, 1.82) is 0 Å². The van der Waals surface area contributed by atoms with Gasteiger partial charge >= 0.3 is 5.69 Å².